The molecule has 0 radical (unpaired) electrons. The number of rotatable bonds is 10. The minimum absolute atomic E-state index is 0.112. The van der Waals surface area contributed by atoms with Gasteiger partial charge in [0.05, 0.1) is 0 Å². The van der Waals surface area contributed by atoms with E-state index in [-0.39, 0.29) is 46.0 Å². The van der Waals surface area contributed by atoms with Gasteiger partial charge in [0.15, 0.2) is 11.4 Å². The highest BCUT2D eigenvalue weighted by atomic mass is 32.2. The number of aliphatic carboxylic acids is 2. The van der Waals surface area contributed by atoms with Gasteiger partial charge < -0.3 is 37.4 Å². The number of carbonyl (C=O) groups is 3. The van der Waals surface area contributed by atoms with Gasteiger partial charge >= 0.3 is 11.9 Å². The van der Waals surface area contributed by atoms with E-state index in [1.54, 1.807) is 4.57 Å². The van der Waals surface area contributed by atoms with Crippen LogP contribution in [0.3, 0.4) is 0 Å². The van der Waals surface area contributed by atoms with Crippen molar-refractivity contribution in [3.8, 4) is 0 Å². The van der Waals surface area contributed by atoms with Crippen LogP contribution in [0.15, 0.2) is 34.3 Å². The van der Waals surface area contributed by atoms with Crippen molar-refractivity contribution in [2.45, 2.75) is 43.6 Å². The molecule has 16 nitrogen and oxygen atoms in total. The van der Waals surface area contributed by atoms with Crippen LogP contribution in [-0.4, -0.2) is 82.7 Å². The van der Waals surface area contributed by atoms with Crippen LogP contribution < -0.4 is 27.1 Å². The monoisotopic (exact) mass is 580 g/mol. The van der Waals surface area contributed by atoms with E-state index in [4.69, 9.17) is 22.0 Å². The average molecular weight is 581 g/mol. The number of amides is 1. The lowest BCUT2D eigenvalue weighted by Gasteiger charge is -2.50. The van der Waals surface area contributed by atoms with Crippen molar-refractivity contribution in [2.75, 3.05) is 23.0 Å². The Bertz CT molecular complexity index is 1390. The van der Waals surface area contributed by atoms with Crippen molar-refractivity contribution in [1.29, 1.82) is 0 Å². The van der Waals surface area contributed by atoms with Crippen molar-refractivity contribution >= 4 is 63.3 Å². The molecule has 1 saturated heterocycles. The zero-order chi connectivity index (χ0) is 28.6. The highest BCUT2D eigenvalue weighted by Crippen LogP contribution is 2.40. The lowest BCUT2D eigenvalue weighted by atomic mass is 10.0. The number of nitrogens with one attached hydrogen (secondary N) is 1. The standard InChI is InChI=1S/C21H25N9O7S2/c1-21(2,19(35)36)37-28-11(10-6-39-20(24)26-10)15(31)27-12-16(32)30-13(18(33)34)8(5-38-17(12)30)3-29-4-9(22)14(23)25-7-29/h4,6-7,12,15,17,23,27,31H,3,5,22H2,1-2H3,(H4,24,26,33,34,35,36)/p+1/b28-11-/t12-,15?,17?/m1/s1. The van der Waals surface area contributed by atoms with E-state index in [1.165, 1.54) is 43.5 Å². The van der Waals surface area contributed by atoms with E-state index in [9.17, 15) is 29.7 Å². The van der Waals surface area contributed by atoms with Gasteiger partial charge in [-0.1, -0.05) is 5.16 Å². The molecule has 2 aromatic heterocycles. The number of nitrogens with zero attached hydrogens (tertiary/aromatic N) is 5. The molecule has 2 aromatic rings. The number of aliphatic hydroxyl groups is 1. The van der Waals surface area contributed by atoms with Crippen LogP contribution >= 0.6 is 23.1 Å². The van der Waals surface area contributed by atoms with Gasteiger partial charge in [-0.15, -0.1) is 23.1 Å². The average Bonchev–Trinajstić information content (AvgIpc) is 3.29. The van der Waals surface area contributed by atoms with E-state index in [1.807, 2.05) is 0 Å². The number of hydrogen-bond acceptors (Lipinski definition) is 14. The molecule has 0 aliphatic carbocycles. The number of oxime groups is 1. The summed E-state index contributed by atoms with van der Waals surface area (Å²) < 4.78 is 1.56. The summed E-state index contributed by atoms with van der Waals surface area (Å²) in [5, 5.41) is 37.7. The number of thiazole rings is 1. The molecule has 4 heterocycles. The van der Waals surface area contributed by atoms with Crippen LogP contribution in [0.1, 0.15) is 19.5 Å². The first-order chi connectivity index (χ1) is 18.3. The topological polar surface area (TPSA) is 256 Å². The van der Waals surface area contributed by atoms with Crippen LogP contribution in [-0.2, 0) is 25.8 Å². The molecule has 2 aliphatic rings. The number of carbonyl (C=O) groups excluding carboxylic acids is 1. The summed E-state index contributed by atoms with van der Waals surface area (Å²) in [6, 6.07) is -0.990. The quantitative estimate of drug-likeness (QED) is 0.0548. The Hall–Kier alpha value is -4.00. The van der Waals surface area contributed by atoms with Gasteiger partial charge in [0, 0.05) is 16.7 Å². The van der Waals surface area contributed by atoms with Crippen LogP contribution in [0.25, 0.3) is 0 Å². The Kier molecular flexibility index (Phi) is 7.64. The fourth-order valence-electron chi connectivity index (χ4n) is 3.71. The van der Waals surface area contributed by atoms with E-state index < -0.39 is 41.1 Å². The van der Waals surface area contributed by atoms with Gasteiger partial charge in [0.25, 0.3) is 12.1 Å². The normalized spacial score (nSPS) is 20.3. The SMILES string of the molecule is CC(C)(O/N=C(/c1csc(N)n1)C(O)N[C@@H]1C(=O)N2C(C(=O)O)=C(C[n+]3cnc(N)c(N)c3)CSC12)C(=O)O. The summed E-state index contributed by atoms with van der Waals surface area (Å²) in [6.45, 7) is 2.65. The third-order valence-electron chi connectivity index (χ3n) is 5.84. The molecule has 39 heavy (non-hydrogen) atoms. The van der Waals surface area contributed by atoms with Gasteiger partial charge in [0.1, 0.15) is 46.9 Å². The molecular weight excluding hydrogens is 554 g/mol. The molecule has 208 valence electrons. The lowest BCUT2D eigenvalue weighted by Crippen LogP contribution is -2.71. The Balaban J connectivity index is 1.55. The van der Waals surface area contributed by atoms with Crippen molar-refractivity contribution in [2.24, 2.45) is 5.16 Å². The maximum atomic E-state index is 13.1. The number of nitrogens with two attached hydrogens (primary N) is 3. The maximum absolute atomic E-state index is 13.1. The van der Waals surface area contributed by atoms with Crippen molar-refractivity contribution in [3.05, 3.63) is 34.9 Å². The molecule has 0 spiro atoms. The maximum Gasteiger partial charge on any atom is 0.352 e. The first kappa shape index (κ1) is 28.0. The number of fused-ring (bicyclic) bond motifs is 1. The van der Waals surface area contributed by atoms with Gasteiger partial charge in [-0.25, -0.2) is 19.1 Å². The van der Waals surface area contributed by atoms with E-state index in [0.29, 0.717) is 5.57 Å². The summed E-state index contributed by atoms with van der Waals surface area (Å²) >= 11 is 2.35. The lowest BCUT2D eigenvalue weighted by molar-refractivity contribution is -0.691. The van der Waals surface area contributed by atoms with Crippen molar-refractivity contribution < 1.29 is 39.1 Å². The highest BCUT2D eigenvalue weighted by molar-refractivity contribution is 8.00. The number of anilines is 3. The Morgan fingerprint density at radius 3 is 2.67 bits per heavy atom. The number of aliphatic hydroxyl groups excluding tert-OH is 1. The Morgan fingerprint density at radius 2 is 2.08 bits per heavy atom. The molecule has 1 amide bonds. The smallest absolute Gasteiger partial charge is 0.352 e. The number of carboxylic acid groups (broad SMARTS) is 2. The third-order valence-corrected chi connectivity index (χ3v) is 7.85. The van der Waals surface area contributed by atoms with E-state index in [2.05, 4.69) is 20.4 Å². The molecular formula is C21H26N9O7S2+. The predicted molar refractivity (Wildman–Crippen MR) is 140 cm³/mol. The molecule has 2 unspecified atom stereocenters. The van der Waals surface area contributed by atoms with Crippen LogP contribution in [0.4, 0.5) is 16.6 Å². The van der Waals surface area contributed by atoms with Crippen LogP contribution in [0.2, 0.25) is 0 Å². The number of aromatic nitrogens is 3. The first-order valence-corrected chi connectivity index (χ1v) is 13.2. The minimum atomic E-state index is -1.73. The molecule has 10 N–H and O–H groups in total. The molecule has 18 heteroatoms. The van der Waals surface area contributed by atoms with Crippen LogP contribution in [0, 0.1) is 0 Å². The van der Waals surface area contributed by atoms with Crippen molar-refractivity contribution in [3.63, 3.8) is 0 Å². The van der Waals surface area contributed by atoms with Gasteiger partial charge in [-0.3, -0.25) is 15.0 Å². The number of carboxylic acids is 2. The fraction of sp³-hybridized carbons (Fsp3) is 0.381. The van der Waals surface area contributed by atoms with Gasteiger partial charge in [0.2, 0.25) is 11.5 Å². The van der Waals surface area contributed by atoms with Gasteiger partial charge in [-0.2, -0.15) is 0 Å². The zero-order valence-corrected chi connectivity index (χ0v) is 22.3. The Labute approximate surface area is 229 Å². The third kappa shape index (κ3) is 5.58. The minimum Gasteiger partial charge on any atom is -0.478 e. The summed E-state index contributed by atoms with van der Waals surface area (Å²) in [5.41, 5.74) is 15.8. The second kappa shape index (κ2) is 10.6. The van der Waals surface area contributed by atoms with Crippen molar-refractivity contribution in [1.82, 2.24) is 20.2 Å². The first-order valence-electron chi connectivity index (χ1n) is 11.2. The fourth-order valence-corrected chi connectivity index (χ4v) is 5.62. The number of nitrogen functional groups attached to an aromatic ring is 3. The molecule has 1 fully saturated rings. The molecule has 0 saturated carbocycles. The van der Waals surface area contributed by atoms with E-state index in [0.717, 1.165) is 16.2 Å². The molecule has 3 atom stereocenters. The molecule has 0 bridgehead atoms. The summed E-state index contributed by atoms with van der Waals surface area (Å²) in [7, 11) is 0. The molecule has 0 aromatic carbocycles. The predicted octanol–water partition coefficient (Wildman–Crippen LogP) is -1.61. The van der Waals surface area contributed by atoms with Gasteiger partial charge in [-0.05, 0) is 18.8 Å². The second-order valence-electron chi connectivity index (χ2n) is 9.05. The Morgan fingerprint density at radius 1 is 1.36 bits per heavy atom. The summed E-state index contributed by atoms with van der Waals surface area (Å²) in [4.78, 5) is 51.0. The zero-order valence-electron chi connectivity index (χ0n) is 20.6. The molecule has 2 aliphatic heterocycles. The van der Waals surface area contributed by atoms with Crippen LogP contribution in [0.5, 0.6) is 0 Å². The second-order valence-corrected chi connectivity index (χ2v) is 11.0. The number of β-lactam (4-membered cyclic amide) rings is 1. The largest absolute Gasteiger partial charge is 0.478 e. The number of thioether (sulfide) groups is 1. The summed E-state index contributed by atoms with van der Waals surface area (Å²) in [5.74, 6) is -2.77. The number of hydrogen-bond donors (Lipinski definition) is 7. The highest BCUT2D eigenvalue weighted by Gasteiger charge is 2.54. The van der Waals surface area contributed by atoms with E-state index >= 15 is 0 Å². The summed E-state index contributed by atoms with van der Waals surface area (Å²) in [6.07, 6.45) is 1.29. The molecule has 4 rings (SSSR count).